The van der Waals surface area contributed by atoms with Crippen LogP contribution in [0.3, 0.4) is 0 Å². The summed E-state index contributed by atoms with van der Waals surface area (Å²) < 4.78 is 26.7. The zero-order valence-electron chi connectivity index (χ0n) is 22.7. The van der Waals surface area contributed by atoms with Crippen LogP contribution in [-0.4, -0.2) is 72.5 Å². The number of hydrogen-bond donors (Lipinski definition) is 1. The average molecular weight is 565 g/mol. The summed E-state index contributed by atoms with van der Waals surface area (Å²) in [5, 5.41) is 3.16. The number of carbonyl (C=O) groups is 5. The van der Waals surface area contributed by atoms with Crippen molar-refractivity contribution >= 4 is 40.7 Å². The van der Waals surface area contributed by atoms with Gasteiger partial charge in [-0.3, -0.25) is 19.2 Å². The molecule has 41 heavy (non-hydrogen) atoms. The third-order valence-electron chi connectivity index (χ3n) is 6.18. The molecule has 1 fully saturated rings. The van der Waals surface area contributed by atoms with E-state index in [4.69, 9.17) is 23.7 Å². The number of fused-ring (bicyclic) bond motifs is 1. The molecule has 2 aromatic carbocycles. The van der Waals surface area contributed by atoms with Crippen LogP contribution in [0, 0.1) is 0 Å². The second kappa shape index (κ2) is 12.6. The van der Waals surface area contributed by atoms with Crippen molar-refractivity contribution in [1.82, 2.24) is 10.3 Å². The van der Waals surface area contributed by atoms with Gasteiger partial charge in [-0.2, -0.15) is 0 Å². The number of amides is 1. The van der Waals surface area contributed by atoms with Gasteiger partial charge in [0, 0.05) is 31.7 Å². The molecule has 12 heteroatoms. The fraction of sp³-hybridized carbons (Fsp3) is 0.310. The van der Waals surface area contributed by atoms with E-state index in [1.54, 1.807) is 30.3 Å². The van der Waals surface area contributed by atoms with Gasteiger partial charge in [0.1, 0.15) is 0 Å². The van der Waals surface area contributed by atoms with E-state index in [0.29, 0.717) is 16.6 Å². The summed E-state index contributed by atoms with van der Waals surface area (Å²) in [7, 11) is 1.08. The van der Waals surface area contributed by atoms with Gasteiger partial charge in [0.15, 0.2) is 30.6 Å². The molecular formula is C29H28N2O10. The highest BCUT2D eigenvalue weighted by Crippen LogP contribution is 2.30. The molecule has 0 unspecified atom stereocenters. The molecule has 1 aromatic heterocycles. The first kappa shape index (κ1) is 29.2. The van der Waals surface area contributed by atoms with Crippen molar-refractivity contribution in [2.24, 2.45) is 0 Å². The minimum Gasteiger partial charge on any atom is -0.467 e. The molecule has 1 saturated heterocycles. The second-order valence-corrected chi connectivity index (χ2v) is 9.13. The van der Waals surface area contributed by atoms with E-state index in [-0.39, 0.29) is 5.56 Å². The standard InChI is InChI=1S/C29H28N2O10/c1-15(32)38-23-24(39-16(2)33)26(29(36)37-4)41-28(25(23)40-17(3)34)31-27(35)20-14-22(18-10-6-5-7-11-18)30-21-13-9-8-12-19(20)21/h5-14,23-26,28H,1-4H3,(H,31,35)/t23-,24-,25+,26-,28+/m0/s1. The first-order chi connectivity index (χ1) is 19.6. The van der Waals surface area contributed by atoms with Crippen LogP contribution < -0.4 is 5.32 Å². The maximum Gasteiger partial charge on any atom is 0.339 e. The molecule has 1 aliphatic heterocycles. The average Bonchev–Trinajstić information content (AvgIpc) is 2.94. The zero-order valence-corrected chi connectivity index (χ0v) is 22.7. The predicted molar refractivity (Wildman–Crippen MR) is 142 cm³/mol. The minimum atomic E-state index is -1.64. The van der Waals surface area contributed by atoms with E-state index in [1.807, 2.05) is 30.3 Å². The Labute approximate surface area is 234 Å². The normalized spacial score (nSPS) is 21.8. The van der Waals surface area contributed by atoms with Crippen molar-refractivity contribution in [2.45, 2.75) is 51.4 Å². The number of methoxy groups -OCH3 is 1. The molecule has 0 spiro atoms. The molecule has 0 aliphatic carbocycles. The summed E-state index contributed by atoms with van der Waals surface area (Å²) in [5.41, 5.74) is 2.04. The number of aromatic nitrogens is 1. The number of para-hydroxylation sites is 1. The Kier molecular flexibility index (Phi) is 8.93. The third-order valence-corrected chi connectivity index (χ3v) is 6.18. The number of pyridine rings is 1. The van der Waals surface area contributed by atoms with Crippen molar-refractivity contribution in [2.75, 3.05) is 7.11 Å². The Bertz CT molecular complexity index is 1470. The molecule has 3 aromatic rings. The summed E-state index contributed by atoms with van der Waals surface area (Å²) in [4.78, 5) is 67.2. The van der Waals surface area contributed by atoms with Gasteiger partial charge in [0.25, 0.3) is 5.91 Å². The fourth-order valence-corrected chi connectivity index (χ4v) is 4.56. The van der Waals surface area contributed by atoms with Crippen molar-refractivity contribution in [1.29, 1.82) is 0 Å². The van der Waals surface area contributed by atoms with E-state index in [1.165, 1.54) is 0 Å². The summed E-state index contributed by atoms with van der Waals surface area (Å²) >= 11 is 0. The van der Waals surface area contributed by atoms with E-state index >= 15 is 0 Å². The lowest BCUT2D eigenvalue weighted by atomic mass is 9.96. The molecule has 0 bridgehead atoms. The molecule has 1 amide bonds. The van der Waals surface area contributed by atoms with Gasteiger partial charge in [-0.05, 0) is 12.1 Å². The maximum absolute atomic E-state index is 13.8. The van der Waals surface area contributed by atoms with E-state index in [2.05, 4.69) is 10.3 Å². The van der Waals surface area contributed by atoms with Crippen LogP contribution in [0.25, 0.3) is 22.2 Å². The van der Waals surface area contributed by atoms with Gasteiger partial charge < -0.3 is 29.0 Å². The maximum atomic E-state index is 13.8. The van der Waals surface area contributed by atoms with Crippen LogP contribution in [0.4, 0.5) is 0 Å². The van der Waals surface area contributed by atoms with Gasteiger partial charge in [0.2, 0.25) is 0 Å². The second-order valence-electron chi connectivity index (χ2n) is 9.13. The Morgan fingerprint density at radius 2 is 1.37 bits per heavy atom. The van der Waals surface area contributed by atoms with Gasteiger partial charge in [-0.15, -0.1) is 0 Å². The number of nitrogens with zero attached hydrogens (tertiary/aromatic N) is 1. The number of nitrogens with one attached hydrogen (secondary N) is 1. The number of ether oxygens (including phenoxy) is 5. The summed E-state index contributed by atoms with van der Waals surface area (Å²) in [6.45, 7) is 3.26. The Hall–Kier alpha value is -4.84. The first-order valence-corrected chi connectivity index (χ1v) is 12.6. The molecule has 1 N–H and O–H groups in total. The van der Waals surface area contributed by atoms with Crippen LogP contribution in [-0.2, 0) is 42.9 Å². The molecule has 12 nitrogen and oxygen atoms in total. The van der Waals surface area contributed by atoms with E-state index in [9.17, 15) is 24.0 Å². The number of esters is 4. The third kappa shape index (κ3) is 6.67. The smallest absolute Gasteiger partial charge is 0.339 e. The lowest BCUT2D eigenvalue weighted by molar-refractivity contribution is -0.251. The van der Waals surface area contributed by atoms with Crippen molar-refractivity contribution < 1.29 is 47.7 Å². The van der Waals surface area contributed by atoms with Gasteiger partial charge in [-0.25, -0.2) is 9.78 Å². The van der Waals surface area contributed by atoms with Gasteiger partial charge >= 0.3 is 23.9 Å². The van der Waals surface area contributed by atoms with Crippen LogP contribution >= 0.6 is 0 Å². The summed E-state index contributed by atoms with van der Waals surface area (Å²) in [5.74, 6) is -4.11. The summed E-state index contributed by atoms with van der Waals surface area (Å²) in [6, 6.07) is 17.8. The van der Waals surface area contributed by atoms with Crippen molar-refractivity contribution in [3.63, 3.8) is 0 Å². The van der Waals surface area contributed by atoms with Crippen molar-refractivity contribution in [3.05, 3.63) is 66.2 Å². The SMILES string of the molecule is COC(=O)[C@H]1O[C@@H](NC(=O)c2cc(-c3ccccc3)nc3ccccc23)[C@H](OC(C)=O)[C@@H](OC(C)=O)[C@@H]1OC(C)=O. The first-order valence-electron chi connectivity index (χ1n) is 12.6. The molecule has 1 aliphatic rings. The predicted octanol–water partition coefficient (Wildman–Crippen LogP) is 2.32. The number of benzene rings is 2. The van der Waals surface area contributed by atoms with Crippen LogP contribution in [0.5, 0.6) is 0 Å². The monoisotopic (exact) mass is 564 g/mol. The highest BCUT2D eigenvalue weighted by Gasteiger charge is 2.55. The molecule has 214 valence electrons. The van der Waals surface area contributed by atoms with Crippen LogP contribution in [0.2, 0.25) is 0 Å². The Balaban J connectivity index is 1.78. The van der Waals surface area contributed by atoms with Crippen LogP contribution in [0.1, 0.15) is 31.1 Å². The molecule has 0 saturated carbocycles. The lowest BCUT2D eigenvalue weighted by Crippen LogP contribution is -2.67. The highest BCUT2D eigenvalue weighted by molar-refractivity contribution is 6.07. The molecular weight excluding hydrogens is 536 g/mol. The molecule has 4 rings (SSSR count). The largest absolute Gasteiger partial charge is 0.467 e. The van der Waals surface area contributed by atoms with E-state index in [0.717, 1.165) is 33.4 Å². The Morgan fingerprint density at radius 1 is 0.780 bits per heavy atom. The zero-order chi connectivity index (χ0) is 29.7. The molecule has 2 heterocycles. The highest BCUT2D eigenvalue weighted by atomic mass is 16.7. The fourth-order valence-electron chi connectivity index (χ4n) is 4.56. The topological polar surface area (TPSA) is 156 Å². The lowest BCUT2D eigenvalue weighted by Gasteiger charge is -2.43. The summed E-state index contributed by atoms with van der Waals surface area (Å²) in [6.07, 6.45) is -7.75. The van der Waals surface area contributed by atoms with Gasteiger partial charge in [-0.1, -0.05) is 48.5 Å². The molecule has 5 atom stereocenters. The van der Waals surface area contributed by atoms with E-state index < -0.39 is 60.4 Å². The quantitative estimate of drug-likeness (QED) is 0.332. The minimum absolute atomic E-state index is 0.209. The van der Waals surface area contributed by atoms with Crippen LogP contribution in [0.15, 0.2) is 60.7 Å². The number of carbonyl (C=O) groups excluding carboxylic acids is 5. The molecule has 0 radical (unpaired) electrons. The van der Waals surface area contributed by atoms with Crippen molar-refractivity contribution in [3.8, 4) is 11.3 Å². The number of hydrogen-bond acceptors (Lipinski definition) is 11. The number of rotatable bonds is 7. The van der Waals surface area contributed by atoms with Gasteiger partial charge in [0.05, 0.1) is 23.9 Å². The Morgan fingerprint density at radius 3 is 2.00 bits per heavy atom.